The second kappa shape index (κ2) is 4.57. The molecule has 0 radical (unpaired) electrons. The van der Waals surface area contributed by atoms with Crippen LogP contribution < -0.4 is 11.1 Å². The third kappa shape index (κ3) is 2.76. The number of sulfone groups is 1. The zero-order chi connectivity index (χ0) is 14.3. The molecule has 1 saturated carbocycles. The minimum atomic E-state index is -3.23. The summed E-state index contributed by atoms with van der Waals surface area (Å²) in [4.78, 5) is 12.4. The summed E-state index contributed by atoms with van der Waals surface area (Å²) >= 11 is 4.89. The van der Waals surface area contributed by atoms with E-state index in [0.717, 1.165) is 6.26 Å². The Morgan fingerprint density at radius 2 is 1.84 bits per heavy atom. The van der Waals surface area contributed by atoms with E-state index in [-0.39, 0.29) is 15.8 Å². The highest BCUT2D eigenvalue weighted by molar-refractivity contribution is 7.90. The fourth-order valence-corrected chi connectivity index (χ4v) is 2.67. The predicted octanol–water partition coefficient (Wildman–Crippen LogP) is 1.09. The molecule has 0 heterocycles. The van der Waals surface area contributed by atoms with Gasteiger partial charge in [0.25, 0.3) is 0 Å². The maximum atomic E-state index is 12.0. The number of hydrogen-bond acceptors (Lipinski definition) is 4. The maximum Gasteiger partial charge on any atom is 0.237 e. The van der Waals surface area contributed by atoms with Crippen LogP contribution in [0.5, 0.6) is 0 Å². The Bertz CT molecular complexity index is 631. The van der Waals surface area contributed by atoms with Crippen LogP contribution in [0, 0.1) is 5.41 Å². The van der Waals surface area contributed by atoms with Crippen molar-refractivity contribution in [1.82, 2.24) is 0 Å². The van der Waals surface area contributed by atoms with Gasteiger partial charge in [0.15, 0.2) is 9.84 Å². The number of carbonyl (C=O) groups is 1. The summed E-state index contributed by atoms with van der Waals surface area (Å²) in [5.74, 6) is -0.230. The quantitative estimate of drug-likeness (QED) is 0.812. The highest BCUT2D eigenvalue weighted by atomic mass is 32.2. The monoisotopic (exact) mass is 298 g/mol. The highest BCUT2D eigenvalue weighted by Crippen LogP contribution is 2.46. The van der Waals surface area contributed by atoms with Gasteiger partial charge >= 0.3 is 0 Å². The average molecular weight is 298 g/mol. The first-order valence-corrected chi connectivity index (χ1v) is 7.97. The lowest BCUT2D eigenvalue weighted by Crippen LogP contribution is -2.34. The van der Waals surface area contributed by atoms with Gasteiger partial charge < -0.3 is 11.1 Å². The average Bonchev–Trinajstić information content (AvgIpc) is 3.09. The molecule has 19 heavy (non-hydrogen) atoms. The van der Waals surface area contributed by atoms with Crippen LogP contribution in [0.2, 0.25) is 0 Å². The zero-order valence-corrected chi connectivity index (χ0v) is 12.0. The van der Waals surface area contributed by atoms with Crippen molar-refractivity contribution in [2.45, 2.75) is 17.7 Å². The van der Waals surface area contributed by atoms with Crippen molar-refractivity contribution in [2.75, 3.05) is 11.6 Å². The molecular weight excluding hydrogens is 284 g/mol. The SMILES string of the molecule is CS(=O)(=O)c1ccc(NC(=O)C2(C(N)=S)CC2)cc1. The molecule has 0 saturated heterocycles. The van der Waals surface area contributed by atoms with Crippen LogP contribution in [0.15, 0.2) is 29.2 Å². The van der Waals surface area contributed by atoms with Gasteiger partial charge in [-0.1, -0.05) is 12.2 Å². The fraction of sp³-hybridized carbons (Fsp3) is 0.333. The van der Waals surface area contributed by atoms with Crippen LogP contribution in [0.4, 0.5) is 5.69 Å². The first-order chi connectivity index (χ1) is 8.75. The molecule has 0 atom stereocenters. The van der Waals surface area contributed by atoms with Crippen molar-refractivity contribution in [3.63, 3.8) is 0 Å². The lowest BCUT2D eigenvalue weighted by atomic mass is 10.1. The van der Waals surface area contributed by atoms with Crippen LogP contribution in [0.3, 0.4) is 0 Å². The van der Waals surface area contributed by atoms with Crippen molar-refractivity contribution in [3.8, 4) is 0 Å². The summed E-state index contributed by atoms with van der Waals surface area (Å²) in [6.45, 7) is 0. The second-order valence-corrected chi connectivity index (χ2v) is 7.15. The molecule has 1 aromatic rings. The van der Waals surface area contributed by atoms with Crippen molar-refractivity contribution in [1.29, 1.82) is 0 Å². The Hall–Kier alpha value is -1.47. The summed E-state index contributed by atoms with van der Waals surface area (Å²) in [6.07, 6.45) is 2.46. The number of nitrogens with one attached hydrogen (secondary N) is 1. The summed E-state index contributed by atoms with van der Waals surface area (Å²) in [7, 11) is -3.23. The molecule has 7 heteroatoms. The first kappa shape index (κ1) is 14.0. The van der Waals surface area contributed by atoms with Gasteiger partial charge in [-0.2, -0.15) is 0 Å². The van der Waals surface area contributed by atoms with Crippen molar-refractivity contribution < 1.29 is 13.2 Å². The molecule has 3 N–H and O–H groups in total. The van der Waals surface area contributed by atoms with E-state index in [0.29, 0.717) is 18.5 Å². The van der Waals surface area contributed by atoms with Gasteiger partial charge in [-0.05, 0) is 37.1 Å². The minimum Gasteiger partial charge on any atom is -0.392 e. The fourth-order valence-electron chi connectivity index (χ4n) is 1.75. The smallest absolute Gasteiger partial charge is 0.237 e. The molecule has 0 unspecified atom stereocenters. The van der Waals surface area contributed by atoms with E-state index >= 15 is 0 Å². The number of thiocarbonyl (C=S) groups is 1. The first-order valence-electron chi connectivity index (χ1n) is 5.67. The highest BCUT2D eigenvalue weighted by Gasteiger charge is 2.52. The lowest BCUT2D eigenvalue weighted by molar-refractivity contribution is -0.118. The van der Waals surface area contributed by atoms with E-state index < -0.39 is 15.3 Å². The van der Waals surface area contributed by atoms with Gasteiger partial charge in [-0.25, -0.2) is 8.42 Å². The van der Waals surface area contributed by atoms with Crippen LogP contribution >= 0.6 is 12.2 Å². The molecule has 0 spiro atoms. The molecule has 2 rings (SSSR count). The number of hydrogen-bond donors (Lipinski definition) is 2. The van der Waals surface area contributed by atoms with E-state index in [1.54, 1.807) is 12.1 Å². The van der Waals surface area contributed by atoms with E-state index in [4.69, 9.17) is 18.0 Å². The molecule has 1 aromatic carbocycles. The maximum absolute atomic E-state index is 12.0. The van der Waals surface area contributed by atoms with Gasteiger partial charge in [-0.3, -0.25) is 4.79 Å². The van der Waals surface area contributed by atoms with Crippen LogP contribution in [0.1, 0.15) is 12.8 Å². The number of carbonyl (C=O) groups excluding carboxylic acids is 1. The van der Waals surface area contributed by atoms with E-state index in [1.165, 1.54) is 12.1 Å². The summed E-state index contributed by atoms with van der Waals surface area (Å²) in [5.41, 5.74) is 5.37. The van der Waals surface area contributed by atoms with Gasteiger partial charge in [0.05, 0.1) is 15.3 Å². The molecule has 5 nitrogen and oxygen atoms in total. The van der Waals surface area contributed by atoms with E-state index in [1.807, 2.05) is 0 Å². The molecule has 0 aliphatic heterocycles. The molecule has 0 bridgehead atoms. The summed E-state index contributed by atoms with van der Waals surface area (Å²) < 4.78 is 22.6. The Morgan fingerprint density at radius 3 is 2.21 bits per heavy atom. The number of anilines is 1. The second-order valence-electron chi connectivity index (χ2n) is 4.70. The van der Waals surface area contributed by atoms with Gasteiger partial charge in [0.2, 0.25) is 5.91 Å². The number of nitrogens with two attached hydrogens (primary N) is 1. The van der Waals surface area contributed by atoms with Crippen molar-refractivity contribution >= 4 is 38.6 Å². The third-order valence-corrected chi connectivity index (χ3v) is 4.72. The molecule has 1 aliphatic rings. The van der Waals surface area contributed by atoms with Crippen LogP contribution in [0.25, 0.3) is 0 Å². The van der Waals surface area contributed by atoms with Crippen molar-refractivity contribution in [3.05, 3.63) is 24.3 Å². The molecular formula is C12H14N2O3S2. The summed E-state index contributed by atoms with van der Waals surface area (Å²) in [5, 5.41) is 2.70. The number of benzene rings is 1. The van der Waals surface area contributed by atoms with Crippen LogP contribution in [-0.2, 0) is 14.6 Å². The Morgan fingerprint density at radius 1 is 1.32 bits per heavy atom. The number of amides is 1. The Kier molecular flexibility index (Phi) is 3.36. The molecule has 0 aromatic heterocycles. The van der Waals surface area contributed by atoms with E-state index in [9.17, 15) is 13.2 Å². The normalized spacial score (nSPS) is 16.7. The van der Waals surface area contributed by atoms with Crippen molar-refractivity contribution in [2.24, 2.45) is 11.1 Å². The largest absolute Gasteiger partial charge is 0.392 e. The molecule has 1 fully saturated rings. The molecule has 1 amide bonds. The van der Waals surface area contributed by atoms with Gasteiger partial charge in [0.1, 0.15) is 0 Å². The summed E-state index contributed by atoms with van der Waals surface area (Å²) in [6, 6.07) is 5.99. The molecule has 102 valence electrons. The Labute approximate surface area is 117 Å². The van der Waals surface area contributed by atoms with Gasteiger partial charge in [-0.15, -0.1) is 0 Å². The van der Waals surface area contributed by atoms with Crippen LogP contribution in [-0.4, -0.2) is 25.6 Å². The topological polar surface area (TPSA) is 89.3 Å². The minimum absolute atomic E-state index is 0.206. The zero-order valence-electron chi connectivity index (χ0n) is 10.3. The van der Waals surface area contributed by atoms with Gasteiger partial charge in [0, 0.05) is 11.9 Å². The van der Waals surface area contributed by atoms with E-state index in [2.05, 4.69) is 5.32 Å². The predicted molar refractivity (Wildman–Crippen MR) is 76.6 cm³/mol. The lowest BCUT2D eigenvalue weighted by Gasteiger charge is -2.13. The number of rotatable bonds is 4. The standard InChI is InChI=1S/C12H14N2O3S2/c1-19(16,17)9-4-2-8(3-5-9)14-11(15)12(6-7-12)10(13)18/h2-5H,6-7H2,1H3,(H2,13,18)(H,14,15). The third-order valence-electron chi connectivity index (χ3n) is 3.20. The Balaban J connectivity index is 2.13. The molecule has 1 aliphatic carbocycles.